The van der Waals surface area contributed by atoms with E-state index >= 15 is 0 Å². The third-order valence-corrected chi connectivity index (χ3v) is 4.96. The van der Waals surface area contributed by atoms with E-state index in [2.05, 4.69) is 32.3 Å². The molecule has 4 rings (SSSR count). The quantitative estimate of drug-likeness (QED) is 0.905. The molecule has 1 saturated carbocycles. The lowest BCUT2D eigenvalue weighted by Crippen LogP contribution is -2.33. The van der Waals surface area contributed by atoms with Crippen LogP contribution >= 0.6 is 0 Å². The average molecular weight is 312 g/mol. The predicted octanol–water partition coefficient (Wildman–Crippen LogP) is 2.31. The maximum atomic E-state index is 5.97. The molecule has 2 fully saturated rings. The predicted molar refractivity (Wildman–Crippen MR) is 92.6 cm³/mol. The summed E-state index contributed by atoms with van der Waals surface area (Å²) >= 11 is 0. The molecule has 2 aromatic heterocycles. The van der Waals surface area contributed by atoms with E-state index in [1.54, 1.807) is 0 Å². The first-order valence-corrected chi connectivity index (χ1v) is 8.69. The number of hydrogen-bond acceptors (Lipinski definition) is 6. The van der Waals surface area contributed by atoms with E-state index in [9.17, 15) is 0 Å². The van der Waals surface area contributed by atoms with Gasteiger partial charge in [-0.05, 0) is 50.7 Å². The molecule has 23 heavy (non-hydrogen) atoms. The summed E-state index contributed by atoms with van der Waals surface area (Å²) in [5.41, 5.74) is 6.74. The standard InChI is InChI=1S/C17H24N6/c18-13-4-6-14(7-5-13)20-17-19-11-12-3-8-15(21-16(12)22-17)23-9-1-2-10-23/h3,8,11,13-14H,1-2,4-7,9-10,18H2,(H,19,20,21,22)/t13-,14-. The molecule has 0 aromatic carbocycles. The van der Waals surface area contributed by atoms with Gasteiger partial charge in [0.1, 0.15) is 5.82 Å². The van der Waals surface area contributed by atoms with Crippen molar-refractivity contribution < 1.29 is 0 Å². The number of nitrogens with zero attached hydrogens (tertiary/aromatic N) is 4. The Morgan fingerprint density at radius 2 is 1.83 bits per heavy atom. The molecule has 1 aliphatic carbocycles. The van der Waals surface area contributed by atoms with Gasteiger partial charge in [0.05, 0.1) is 0 Å². The van der Waals surface area contributed by atoms with Gasteiger partial charge in [-0.25, -0.2) is 9.97 Å². The van der Waals surface area contributed by atoms with Crippen LogP contribution < -0.4 is 16.0 Å². The van der Waals surface area contributed by atoms with E-state index in [1.165, 1.54) is 12.8 Å². The zero-order valence-corrected chi connectivity index (χ0v) is 13.4. The molecule has 1 aliphatic heterocycles. The summed E-state index contributed by atoms with van der Waals surface area (Å²) in [7, 11) is 0. The van der Waals surface area contributed by atoms with Gasteiger partial charge in [-0.15, -0.1) is 0 Å². The zero-order valence-electron chi connectivity index (χ0n) is 13.4. The van der Waals surface area contributed by atoms with E-state index in [1.807, 2.05) is 6.20 Å². The molecule has 0 spiro atoms. The Labute approximate surface area is 136 Å². The van der Waals surface area contributed by atoms with Crippen LogP contribution in [0.1, 0.15) is 38.5 Å². The van der Waals surface area contributed by atoms with Gasteiger partial charge in [-0.1, -0.05) is 0 Å². The molecule has 0 atom stereocenters. The minimum absolute atomic E-state index is 0.357. The SMILES string of the molecule is N[C@H]1CC[C@H](Nc2ncc3ccc(N4CCCC4)nc3n2)CC1. The van der Waals surface area contributed by atoms with Crippen molar-refractivity contribution in [3.8, 4) is 0 Å². The fourth-order valence-corrected chi connectivity index (χ4v) is 3.54. The van der Waals surface area contributed by atoms with Gasteiger partial charge in [0, 0.05) is 36.8 Å². The molecule has 3 N–H and O–H groups in total. The molecule has 2 aliphatic rings. The molecular formula is C17H24N6. The first-order chi connectivity index (χ1) is 11.3. The zero-order chi connectivity index (χ0) is 15.6. The van der Waals surface area contributed by atoms with Gasteiger partial charge >= 0.3 is 0 Å². The molecular weight excluding hydrogens is 288 g/mol. The van der Waals surface area contributed by atoms with Crippen LogP contribution in [0.2, 0.25) is 0 Å². The van der Waals surface area contributed by atoms with Crippen LogP contribution in [0.25, 0.3) is 11.0 Å². The Morgan fingerprint density at radius 3 is 2.61 bits per heavy atom. The average Bonchev–Trinajstić information content (AvgIpc) is 3.11. The monoisotopic (exact) mass is 312 g/mol. The number of pyridine rings is 1. The lowest BCUT2D eigenvalue weighted by molar-refractivity contribution is 0.410. The number of aromatic nitrogens is 3. The third-order valence-electron chi connectivity index (χ3n) is 4.96. The van der Waals surface area contributed by atoms with Crippen molar-refractivity contribution in [1.29, 1.82) is 0 Å². The maximum Gasteiger partial charge on any atom is 0.224 e. The van der Waals surface area contributed by atoms with Crippen molar-refractivity contribution in [3.63, 3.8) is 0 Å². The van der Waals surface area contributed by atoms with Crippen molar-refractivity contribution in [2.24, 2.45) is 5.73 Å². The van der Waals surface area contributed by atoms with Gasteiger partial charge in [-0.2, -0.15) is 4.98 Å². The van der Waals surface area contributed by atoms with E-state index in [4.69, 9.17) is 10.7 Å². The van der Waals surface area contributed by atoms with Crippen LogP contribution in [0, 0.1) is 0 Å². The molecule has 6 heteroatoms. The first kappa shape index (κ1) is 14.6. The topological polar surface area (TPSA) is 80.0 Å². The van der Waals surface area contributed by atoms with Gasteiger partial charge in [0.2, 0.25) is 5.95 Å². The van der Waals surface area contributed by atoms with Crippen molar-refractivity contribution in [2.45, 2.75) is 50.6 Å². The Balaban J connectivity index is 1.53. The second-order valence-electron chi connectivity index (χ2n) is 6.73. The van der Waals surface area contributed by atoms with E-state index in [-0.39, 0.29) is 0 Å². The molecule has 0 amide bonds. The Bertz CT molecular complexity index is 674. The van der Waals surface area contributed by atoms with E-state index in [0.717, 1.165) is 55.6 Å². The molecule has 2 aromatic rings. The van der Waals surface area contributed by atoms with Crippen LogP contribution in [-0.2, 0) is 0 Å². The number of fused-ring (bicyclic) bond motifs is 1. The molecule has 6 nitrogen and oxygen atoms in total. The third kappa shape index (κ3) is 3.22. The summed E-state index contributed by atoms with van der Waals surface area (Å²) in [6.45, 7) is 2.19. The highest BCUT2D eigenvalue weighted by Gasteiger charge is 2.19. The highest BCUT2D eigenvalue weighted by Crippen LogP contribution is 2.23. The molecule has 122 valence electrons. The number of nitrogens with two attached hydrogens (primary N) is 1. The van der Waals surface area contributed by atoms with Crippen LogP contribution in [0.15, 0.2) is 18.3 Å². The Morgan fingerprint density at radius 1 is 1.04 bits per heavy atom. The van der Waals surface area contributed by atoms with Gasteiger partial charge in [0.25, 0.3) is 0 Å². The molecule has 0 unspecified atom stereocenters. The lowest BCUT2D eigenvalue weighted by Gasteiger charge is -2.26. The second-order valence-corrected chi connectivity index (χ2v) is 6.73. The molecule has 3 heterocycles. The van der Waals surface area contributed by atoms with Gasteiger partial charge in [-0.3, -0.25) is 0 Å². The molecule has 0 bridgehead atoms. The largest absolute Gasteiger partial charge is 0.357 e. The fraction of sp³-hybridized carbons (Fsp3) is 0.588. The Kier molecular flexibility index (Phi) is 3.99. The van der Waals surface area contributed by atoms with Crippen LogP contribution in [-0.4, -0.2) is 40.1 Å². The van der Waals surface area contributed by atoms with Crippen LogP contribution in [0.3, 0.4) is 0 Å². The van der Waals surface area contributed by atoms with Crippen molar-refractivity contribution >= 4 is 22.8 Å². The highest BCUT2D eigenvalue weighted by molar-refractivity contribution is 5.76. The van der Waals surface area contributed by atoms with Crippen molar-refractivity contribution in [3.05, 3.63) is 18.3 Å². The van der Waals surface area contributed by atoms with Crippen molar-refractivity contribution in [1.82, 2.24) is 15.0 Å². The number of anilines is 2. The Hall–Kier alpha value is -1.95. The summed E-state index contributed by atoms with van der Waals surface area (Å²) in [6, 6.07) is 4.93. The second kappa shape index (κ2) is 6.28. The number of hydrogen-bond donors (Lipinski definition) is 2. The smallest absolute Gasteiger partial charge is 0.224 e. The van der Waals surface area contributed by atoms with Crippen LogP contribution in [0.4, 0.5) is 11.8 Å². The van der Waals surface area contributed by atoms with Gasteiger partial charge in [0.15, 0.2) is 5.65 Å². The summed E-state index contributed by atoms with van der Waals surface area (Å²) in [5.74, 6) is 1.72. The summed E-state index contributed by atoms with van der Waals surface area (Å²) in [5, 5.41) is 4.44. The lowest BCUT2D eigenvalue weighted by atomic mass is 9.92. The number of rotatable bonds is 3. The minimum Gasteiger partial charge on any atom is -0.357 e. The van der Waals surface area contributed by atoms with E-state index in [0.29, 0.717) is 18.0 Å². The summed E-state index contributed by atoms with van der Waals surface area (Å²) < 4.78 is 0. The fourth-order valence-electron chi connectivity index (χ4n) is 3.54. The highest BCUT2D eigenvalue weighted by atomic mass is 15.2. The minimum atomic E-state index is 0.357. The van der Waals surface area contributed by atoms with Crippen LogP contribution in [0.5, 0.6) is 0 Å². The number of nitrogens with one attached hydrogen (secondary N) is 1. The molecule has 0 radical (unpaired) electrons. The summed E-state index contributed by atoms with van der Waals surface area (Å²) in [6.07, 6.45) is 8.68. The van der Waals surface area contributed by atoms with E-state index < -0.39 is 0 Å². The first-order valence-electron chi connectivity index (χ1n) is 8.69. The maximum absolute atomic E-state index is 5.97. The van der Waals surface area contributed by atoms with Gasteiger partial charge < -0.3 is 16.0 Å². The molecule has 1 saturated heterocycles. The summed E-state index contributed by atoms with van der Waals surface area (Å²) in [4.78, 5) is 16.1. The van der Waals surface area contributed by atoms with Crippen molar-refractivity contribution in [2.75, 3.05) is 23.3 Å². The normalized spacial score (nSPS) is 25.0.